The summed E-state index contributed by atoms with van der Waals surface area (Å²) in [6.45, 7) is 0.508. The quantitative estimate of drug-likeness (QED) is 0.640. The molecule has 3 rings (SSSR count). The highest BCUT2D eigenvalue weighted by Gasteiger charge is 2.11. The van der Waals surface area contributed by atoms with Crippen LogP contribution in [0.5, 0.6) is 11.5 Å². The van der Waals surface area contributed by atoms with Gasteiger partial charge in [-0.25, -0.2) is 0 Å². The van der Waals surface area contributed by atoms with E-state index >= 15 is 0 Å². The van der Waals surface area contributed by atoms with Gasteiger partial charge in [0.05, 0.1) is 7.11 Å². The van der Waals surface area contributed by atoms with Crippen molar-refractivity contribution in [1.29, 1.82) is 0 Å². The second-order valence-corrected chi connectivity index (χ2v) is 6.48. The SMILES string of the molecule is COc1ccc2cc(CN(C)C(=O)COc3ccc(Cl)cc3)ccc2c1. The zero-order valence-electron chi connectivity index (χ0n) is 14.7. The van der Waals surface area contributed by atoms with E-state index in [9.17, 15) is 4.79 Å². The first-order valence-electron chi connectivity index (χ1n) is 8.24. The van der Waals surface area contributed by atoms with E-state index in [0.717, 1.165) is 22.1 Å². The van der Waals surface area contributed by atoms with Gasteiger partial charge in [0, 0.05) is 18.6 Å². The number of hydrogen-bond acceptors (Lipinski definition) is 3. The first-order chi connectivity index (χ1) is 12.5. The number of benzene rings is 3. The Labute approximate surface area is 157 Å². The molecule has 5 heteroatoms. The maximum absolute atomic E-state index is 12.3. The van der Waals surface area contributed by atoms with Crippen LogP contribution in [0.2, 0.25) is 5.02 Å². The summed E-state index contributed by atoms with van der Waals surface area (Å²) in [5.41, 5.74) is 1.06. The summed E-state index contributed by atoms with van der Waals surface area (Å²) < 4.78 is 10.8. The highest BCUT2D eigenvalue weighted by molar-refractivity contribution is 6.30. The third-order valence-electron chi connectivity index (χ3n) is 4.13. The number of nitrogens with zero attached hydrogens (tertiary/aromatic N) is 1. The Balaban J connectivity index is 1.61. The van der Waals surface area contributed by atoms with Gasteiger partial charge in [-0.05, 0) is 58.8 Å². The maximum atomic E-state index is 12.3. The maximum Gasteiger partial charge on any atom is 0.260 e. The Kier molecular flexibility index (Phi) is 5.64. The van der Waals surface area contributed by atoms with Gasteiger partial charge in [0.2, 0.25) is 0 Å². The van der Waals surface area contributed by atoms with E-state index in [-0.39, 0.29) is 12.5 Å². The first kappa shape index (κ1) is 18.1. The average molecular weight is 370 g/mol. The molecule has 26 heavy (non-hydrogen) atoms. The molecular weight excluding hydrogens is 350 g/mol. The molecule has 0 spiro atoms. The van der Waals surface area contributed by atoms with E-state index in [4.69, 9.17) is 21.1 Å². The van der Waals surface area contributed by atoms with E-state index < -0.39 is 0 Å². The third kappa shape index (κ3) is 4.46. The molecule has 1 amide bonds. The van der Waals surface area contributed by atoms with Crippen molar-refractivity contribution in [1.82, 2.24) is 4.90 Å². The number of halogens is 1. The van der Waals surface area contributed by atoms with E-state index in [1.807, 2.05) is 30.3 Å². The number of rotatable bonds is 6. The lowest BCUT2D eigenvalue weighted by molar-refractivity contribution is -0.132. The van der Waals surface area contributed by atoms with Crippen LogP contribution in [0.25, 0.3) is 10.8 Å². The van der Waals surface area contributed by atoms with E-state index in [1.54, 1.807) is 43.3 Å². The second kappa shape index (κ2) is 8.11. The molecule has 0 fully saturated rings. The van der Waals surface area contributed by atoms with Gasteiger partial charge in [-0.1, -0.05) is 29.8 Å². The van der Waals surface area contributed by atoms with Crippen LogP contribution in [0.3, 0.4) is 0 Å². The molecule has 3 aromatic rings. The molecule has 0 aliphatic carbocycles. The van der Waals surface area contributed by atoms with Crippen molar-refractivity contribution in [3.8, 4) is 11.5 Å². The van der Waals surface area contributed by atoms with Crippen LogP contribution >= 0.6 is 11.6 Å². The van der Waals surface area contributed by atoms with Crippen molar-refractivity contribution >= 4 is 28.3 Å². The van der Waals surface area contributed by atoms with Gasteiger partial charge in [0.1, 0.15) is 11.5 Å². The Morgan fingerprint density at radius 1 is 0.962 bits per heavy atom. The molecule has 0 N–H and O–H groups in total. The van der Waals surface area contributed by atoms with Crippen LogP contribution in [0.1, 0.15) is 5.56 Å². The number of likely N-dealkylation sites (N-methyl/N-ethyl adjacent to an activating group) is 1. The largest absolute Gasteiger partial charge is 0.497 e. The number of carbonyl (C=O) groups excluding carboxylic acids is 1. The van der Waals surface area contributed by atoms with Gasteiger partial charge in [0.15, 0.2) is 6.61 Å². The summed E-state index contributed by atoms with van der Waals surface area (Å²) >= 11 is 5.84. The van der Waals surface area contributed by atoms with Crippen molar-refractivity contribution in [2.45, 2.75) is 6.54 Å². The normalized spacial score (nSPS) is 10.6. The molecule has 0 aliphatic heterocycles. The van der Waals surface area contributed by atoms with Crippen LogP contribution in [-0.4, -0.2) is 31.6 Å². The average Bonchev–Trinajstić information content (AvgIpc) is 2.66. The number of hydrogen-bond donors (Lipinski definition) is 0. The fourth-order valence-electron chi connectivity index (χ4n) is 2.65. The molecule has 3 aromatic carbocycles. The van der Waals surface area contributed by atoms with E-state index in [1.165, 1.54) is 0 Å². The lowest BCUT2D eigenvalue weighted by Crippen LogP contribution is -2.30. The van der Waals surface area contributed by atoms with Crippen LogP contribution in [-0.2, 0) is 11.3 Å². The van der Waals surface area contributed by atoms with Gasteiger partial charge in [-0.2, -0.15) is 0 Å². The topological polar surface area (TPSA) is 38.8 Å². The molecule has 134 valence electrons. The van der Waals surface area contributed by atoms with Gasteiger partial charge in [-0.15, -0.1) is 0 Å². The van der Waals surface area contributed by atoms with Crippen molar-refractivity contribution in [2.75, 3.05) is 20.8 Å². The van der Waals surface area contributed by atoms with Crippen LogP contribution in [0.15, 0.2) is 60.7 Å². The fraction of sp³-hybridized carbons (Fsp3) is 0.190. The Morgan fingerprint density at radius 2 is 1.62 bits per heavy atom. The van der Waals surface area contributed by atoms with Crippen LogP contribution in [0, 0.1) is 0 Å². The summed E-state index contributed by atoms with van der Waals surface area (Å²) in [6.07, 6.45) is 0. The van der Waals surface area contributed by atoms with Crippen LogP contribution < -0.4 is 9.47 Å². The van der Waals surface area contributed by atoms with E-state index in [0.29, 0.717) is 17.3 Å². The predicted molar refractivity (Wildman–Crippen MR) is 104 cm³/mol. The van der Waals surface area contributed by atoms with Crippen molar-refractivity contribution in [3.05, 3.63) is 71.2 Å². The number of fused-ring (bicyclic) bond motifs is 1. The van der Waals surface area contributed by atoms with E-state index in [2.05, 4.69) is 6.07 Å². The smallest absolute Gasteiger partial charge is 0.260 e. The predicted octanol–water partition coefficient (Wildman–Crippen LogP) is 4.54. The van der Waals surface area contributed by atoms with Gasteiger partial charge in [0.25, 0.3) is 5.91 Å². The van der Waals surface area contributed by atoms with Crippen molar-refractivity contribution in [2.24, 2.45) is 0 Å². The van der Waals surface area contributed by atoms with Crippen molar-refractivity contribution < 1.29 is 14.3 Å². The minimum absolute atomic E-state index is 0.0110. The number of carbonyl (C=O) groups is 1. The lowest BCUT2D eigenvalue weighted by atomic mass is 10.1. The standard InChI is InChI=1S/C21H20ClNO3/c1-23(21(24)14-26-19-9-6-18(22)7-10-19)13-15-3-4-17-12-20(25-2)8-5-16(17)11-15/h3-12H,13-14H2,1-2H3. The second-order valence-electron chi connectivity index (χ2n) is 6.04. The number of amides is 1. The molecule has 0 atom stereocenters. The molecular formula is C21H20ClNO3. The fourth-order valence-corrected chi connectivity index (χ4v) is 2.77. The summed E-state index contributed by atoms with van der Waals surface area (Å²) in [4.78, 5) is 13.9. The molecule has 0 heterocycles. The Morgan fingerprint density at radius 3 is 2.35 bits per heavy atom. The highest BCUT2D eigenvalue weighted by atomic mass is 35.5. The monoisotopic (exact) mass is 369 g/mol. The molecule has 0 saturated carbocycles. The molecule has 0 bridgehead atoms. The molecule has 0 aliphatic rings. The summed E-state index contributed by atoms with van der Waals surface area (Å²) in [6, 6.07) is 19.0. The van der Waals surface area contributed by atoms with Crippen molar-refractivity contribution in [3.63, 3.8) is 0 Å². The third-order valence-corrected chi connectivity index (χ3v) is 4.39. The molecule has 0 aromatic heterocycles. The minimum atomic E-state index is -0.0882. The zero-order chi connectivity index (χ0) is 18.5. The molecule has 4 nitrogen and oxygen atoms in total. The highest BCUT2D eigenvalue weighted by Crippen LogP contribution is 2.22. The Bertz CT molecular complexity index is 909. The molecule has 0 saturated heterocycles. The van der Waals surface area contributed by atoms with Gasteiger partial charge in [-0.3, -0.25) is 4.79 Å². The lowest BCUT2D eigenvalue weighted by Gasteiger charge is -2.18. The summed E-state index contributed by atoms with van der Waals surface area (Å²) in [5, 5.41) is 2.85. The molecule has 0 unspecified atom stereocenters. The zero-order valence-corrected chi connectivity index (χ0v) is 15.5. The molecule has 0 radical (unpaired) electrons. The summed E-state index contributed by atoms with van der Waals surface area (Å²) in [7, 11) is 3.42. The van der Waals surface area contributed by atoms with Gasteiger partial charge >= 0.3 is 0 Å². The first-order valence-corrected chi connectivity index (χ1v) is 8.62. The minimum Gasteiger partial charge on any atom is -0.497 e. The van der Waals surface area contributed by atoms with Crippen LogP contribution in [0.4, 0.5) is 0 Å². The Hall–Kier alpha value is -2.72. The van der Waals surface area contributed by atoms with Gasteiger partial charge < -0.3 is 14.4 Å². The summed E-state index contributed by atoms with van der Waals surface area (Å²) in [5.74, 6) is 1.36. The number of methoxy groups -OCH3 is 1. The number of ether oxygens (including phenoxy) is 2.